The highest BCUT2D eigenvalue weighted by molar-refractivity contribution is 5.94. The number of nitrogens with one attached hydrogen (secondary N) is 1. The minimum absolute atomic E-state index is 0.0388. The zero-order chi connectivity index (χ0) is 24.8. The normalized spacial score (nSPS) is 13.8. The van der Waals surface area contributed by atoms with Crippen LogP contribution in [0.4, 0.5) is 5.82 Å². The molecule has 0 aliphatic carbocycles. The highest BCUT2D eigenvalue weighted by atomic mass is 16.5. The number of carboxylic acids is 1. The van der Waals surface area contributed by atoms with Crippen LogP contribution in [0.3, 0.4) is 0 Å². The van der Waals surface area contributed by atoms with E-state index in [2.05, 4.69) is 10.3 Å². The van der Waals surface area contributed by atoms with Gasteiger partial charge in [0.2, 0.25) is 0 Å². The number of likely N-dealkylation sites (tertiary alicyclic amines) is 1. The number of rotatable bonds is 9. The number of hydrogen-bond donors (Lipinski definition) is 2. The van der Waals surface area contributed by atoms with E-state index in [1.54, 1.807) is 26.4 Å². The van der Waals surface area contributed by atoms with Gasteiger partial charge < -0.3 is 24.8 Å². The molecule has 0 saturated carbocycles. The number of methoxy groups -OCH3 is 2. The van der Waals surface area contributed by atoms with Crippen molar-refractivity contribution in [2.24, 2.45) is 0 Å². The van der Waals surface area contributed by atoms with Gasteiger partial charge in [0.1, 0.15) is 23.4 Å². The van der Waals surface area contributed by atoms with Crippen LogP contribution in [-0.2, 0) is 11.2 Å². The van der Waals surface area contributed by atoms with E-state index in [9.17, 15) is 14.7 Å². The van der Waals surface area contributed by atoms with Crippen molar-refractivity contribution >= 4 is 17.7 Å². The number of anilines is 1. The molecule has 8 heteroatoms. The molecule has 2 N–H and O–H groups in total. The number of benzene rings is 2. The molecule has 0 unspecified atom stereocenters. The van der Waals surface area contributed by atoms with Crippen LogP contribution in [0, 0.1) is 0 Å². The van der Waals surface area contributed by atoms with Crippen LogP contribution in [0.2, 0.25) is 0 Å². The van der Waals surface area contributed by atoms with Crippen molar-refractivity contribution in [1.29, 1.82) is 0 Å². The second-order valence-electron chi connectivity index (χ2n) is 8.41. The molecule has 182 valence electrons. The summed E-state index contributed by atoms with van der Waals surface area (Å²) in [5.41, 5.74) is 3.10. The van der Waals surface area contributed by atoms with Gasteiger partial charge in [-0.1, -0.05) is 30.3 Å². The van der Waals surface area contributed by atoms with Crippen molar-refractivity contribution in [2.45, 2.75) is 25.3 Å². The summed E-state index contributed by atoms with van der Waals surface area (Å²) in [6, 6.07) is 15.7. The number of pyridine rings is 1. The summed E-state index contributed by atoms with van der Waals surface area (Å²) in [5.74, 6) is 0.771. The second-order valence-corrected chi connectivity index (χ2v) is 8.41. The first kappa shape index (κ1) is 24.1. The maximum atomic E-state index is 12.5. The molecule has 8 nitrogen and oxygen atoms in total. The van der Waals surface area contributed by atoms with Crippen LogP contribution in [0.25, 0.3) is 11.1 Å². The molecule has 1 aromatic heterocycles. The molecule has 1 fully saturated rings. The number of aliphatic carboxylic acids is 1. The van der Waals surface area contributed by atoms with Gasteiger partial charge in [-0.3, -0.25) is 4.79 Å². The molecular formula is C27H29N3O5. The highest BCUT2D eigenvalue weighted by Crippen LogP contribution is 2.38. The van der Waals surface area contributed by atoms with Crippen molar-refractivity contribution < 1.29 is 24.2 Å². The third-order valence-electron chi connectivity index (χ3n) is 6.13. The Morgan fingerprint density at radius 1 is 1.00 bits per heavy atom. The molecule has 1 aliphatic heterocycles. The minimum atomic E-state index is -0.987. The van der Waals surface area contributed by atoms with E-state index >= 15 is 0 Å². The average molecular weight is 476 g/mol. The van der Waals surface area contributed by atoms with Crippen molar-refractivity contribution in [3.8, 4) is 22.6 Å². The number of ether oxygens (including phenoxy) is 2. The van der Waals surface area contributed by atoms with E-state index in [4.69, 9.17) is 9.47 Å². The summed E-state index contributed by atoms with van der Waals surface area (Å²) < 4.78 is 11.0. The monoisotopic (exact) mass is 475 g/mol. The number of aromatic nitrogens is 1. The van der Waals surface area contributed by atoms with Crippen molar-refractivity contribution in [1.82, 2.24) is 9.88 Å². The summed E-state index contributed by atoms with van der Waals surface area (Å²) in [5, 5.41) is 12.7. The third kappa shape index (κ3) is 5.54. The van der Waals surface area contributed by atoms with E-state index in [0.29, 0.717) is 22.9 Å². The summed E-state index contributed by atoms with van der Waals surface area (Å²) >= 11 is 0. The average Bonchev–Trinajstić information content (AvgIpc) is 3.43. The van der Waals surface area contributed by atoms with E-state index in [-0.39, 0.29) is 12.3 Å². The van der Waals surface area contributed by atoms with Crippen molar-refractivity contribution in [2.75, 3.05) is 32.6 Å². The molecule has 0 bridgehead atoms. The molecule has 0 spiro atoms. The van der Waals surface area contributed by atoms with Crippen LogP contribution >= 0.6 is 0 Å². The smallest absolute Gasteiger partial charge is 0.326 e. The number of carbonyl (C=O) groups is 2. The van der Waals surface area contributed by atoms with Crippen LogP contribution in [0.15, 0.2) is 60.8 Å². The molecule has 2 aromatic carbocycles. The molecule has 1 amide bonds. The number of carboxylic acid groups (broad SMARTS) is 1. The highest BCUT2D eigenvalue weighted by Gasteiger charge is 2.21. The Hall–Kier alpha value is -4.07. The molecule has 1 atom stereocenters. The Bertz CT molecular complexity index is 1150. The number of hydrogen-bond acceptors (Lipinski definition) is 6. The molecule has 0 radical (unpaired) electrons. The number of amides is 1. The van der Waals surface area contributed by atoms with Gasteiger partial charge in [0.05, 0.1) is 25.3 Å². The maximum absolute atomic E-state index is 12.5. The fourth-order valence-corrected chi connectivity index (χ4v) is 4.27. The van der Waals surface area contributed by atoms with E-state index in [1.165, 1.54) is 6.20 Å². The zero-order valence-electron chi connectivity index (χ0n) is 19.9. The topological polar surface area (TPSA) is 101 Å². The lowest BCUT2D eigenvalue weighted by Gasteiger charge is -2.17. The van der Waals surface area contributed by atoms with Gasteiger partial charge in [-0.2, -0.15) is 0 Å². The van der Waals surface area contributed by atoms with Crippen molar-refractivity contribution in [3.05, 3.63) is 71.9 Å². The first-order chi connectivity index (χ1) is 17.0. The third-order valence-corrected chi connectivity index (χ3v) is 6.13. The van der Waals surface area contributed by atoms with Crippen LogP contribution in [0.1, 0.15) is 28.8 Å². The lowest BCUT2D eigenvalue weighted by molar-refractivity contribution is -0.137. The second kappa shape index (κ2) is 10.9. The van der Waals surface area contributed by atoms with E-state index in [1.807, 2.05) is 47.4 Å². The summed E-state index contributed by atoms with van der Waals surface area (Å²) in [6.45, 7) is 1.53. The largest absolute Gasteiger partial charge is 0.496 e. The predicted molar refractivity (Wildman–Crippen MR) is 133 cm³/mol. The lowest BCUT2D eigenvalue weighted by atomic mass is 9.99. The molecule has 4 rings (SSSR count). The van der Waals surface area contributed by atoms with E-state index in [0.717, 1.165) is 42.6 Å². The van der Waals surface area contributed by atoms with E-state index < -0.39 is 12.0 Å². The van der Waals surface area contributed by atoms with Gasteiger partial charge >= 0.3 is 5.97 Å². The van der Waals surface area contributed by atoms with Gasteiger partial charge in [0, 0.05) is 25.7 Å². The summed E-state index contributed by atoms with van der Waals surface area (Å²) in [4.78, 5) is 30.5. The Kier molecular flexibility index (Phi) is 7.50. The van der Waals surface area contributed by atoms with Gasteiger partial charge in [-0.15, -0.1) is 0 Å². The summed E-state index contributed by atoms with van der Waals surface area (Å²) in [6.07, 6.45) is 3.80. The zero-order valence-corrected chi connectivity index (χ0v) is 19.9. The molecule has 2 heterocycles. The Morgan fingerprint density at radius 3 is 2.20 bits per heavy atom. The Morgan fingerprint density at radius 2 is 1.66 bits per heavy atom. The van der Waals surface area contributed by atoms with Gasteiger partial charge in [-0.05, 0) is 48.2 Å². The SMILES string of the molecule is COc1cccc(OC)c1-c1ccc(C[C@H](Nc2ccc(C(=O)N3CCCC3)cn2)C(=O)O)cc1. The van der Waals surface area contributed by atoms with Gasteiger partial charge in [-0.25, -0.2) is 9.78 Å². The Balaban J connectivity index is 1.46. The fraction of sp³-hybridized carbons (Fsp3) is 0.296. The maximum Gasteiger partial charge on any atom is 0.326 e. The Labute approximate surface area is 204 Å². The molecule has 3 aromatic rings. The predicted octanol–water partition coefficient (Wildman–Crippen LogP) is 4.11. The quantitative estimate of drug-likeness (QED) is 0.480. The van der Waals surface area contributed by atoms with Crippen LogP contribution < -0.4 is 14.8 Å². The van der Waals surface area contributed by atoms with Crippen LogP contribution in [0.5, 0.6) is 11.5 Å². The fourth-order valence-electron chi connectivity index (χ4n) is 4.27. The number of carbonyl (C=O) groups excluding carboxylic acids is 1. The molecule has 35 heavy (non-hydrogen) atoms. The standard InChI is InChI=1S/C27H29N3O5/c1-34-22-6-5-7-23(35-2)25(22)19-10-8-18(9-11-19)16-21(27(32)33)29-24-13-12-20(17-28-24)26(31)30-14-3-4-15-30/h5-13,17,21H,3-4,14-16H2,1-2H3,(H,28,29)(H,32,33)/t21-/m0/s1. The molecule has 1 saturated heterocycles. The molecular weight excluding hydrogens is 446 g/mol. The lowest BCUT2D eigenvalue weighted by Crippen LogP contribution is -2.32. The van der Waals surface area contributed by atoms with Gasteiger partial charge in [0.15, 0.2) is 0 Å². The van der Waals surface area contributed by atoms with Crippen LogP contribution in [-0.4, -0.2) is 60.2 Å². The van der Waals surface area contributed by atoms with Gasteiger partial charge in [0.25, 0.3) is 5.91 Å². The first-order valence-corrected chi connectivity index (χ1v) is 11.5. The molecule has 1 aliphatic rings. The van der Waals surface area contributed by atoms with Crippen molar-refractivity contribution in [3.63, 3.8) is 0 Å². The minimum Gasteiger partial charge on any atom is -0.496 e. The summed E-state index contributed by atoms with van der Waals surface area (Å²) in [7, 11) is 3.22. The number of nitrogens with zero attached hydrogens (tertiary/aromatic N) is 2. The first-order valence-electron chi connectivity index (χ1n) is 11.5.